The first kappa shape index (κ1) is 23.0. The molecule has 0 saturated carbocycles. The highest BCUT2D eigenvalue weighted by Crippen LogP contribution is 2.25. The lowest BCUT2D eigenvalue weighted by Crippen LogP contribution is -2.31. The van der Waals surface area contributed by atoms with Crippen LogP contribution in [-0.2, 0) is 16.6 Å². The number of nitrogens with zero attached hydrogens (tertiary/aromatic N) is 3. The molecule has 0 spiro atoms. The molecule has 1 saturated heterocycles. The minimum absolute atomic E-state index is 0.380. The normalized spacial score (nSPS) is 16.2. The smallest absolute Gasteiger partial charge is 0.243 e. The predicted molar refractivity (Wildman–Crippen MR) is 132 cm³/mol. The SMILES string of the molecule is CCCn1c(-c2ccc(S(=O)(=O)N3CCCCCC3)cc2)csc1=Nc1ccc(C)cc1. The lowest BCUT2D eigenvalue weighted by Gasteiger charge is -2.20. The summed E-state index contributed by atoms with van der Waals surface area (Å²) in [7, 11) is -3.43. The van der Waals surface area contributed by atoms with E-state index in [9.17, 15) is 8.42 Å². The maximum atomic E-state index is 13.1. The summed E-state index contributed by atoms with van der Waals surface area (Å²) in [6, 6.07) is 15.6. The van der Waals surface area contributed by atoms with E-state index >= 15 is 0 Å². The van der Waals surface area contributed by atoms with E-state index in [4.69, 9.17) is 4.99 Å². The van der Waals surface area contributed by atoms with Gasteiger partial charge in [-0.1, -0.05) is 49.6 Å². The van der Waals surface area contributed by atoms with E-state index in [2.05, 4.69) is 35.9 Å². The van der Waals surface area contributed by atoms with Gasteiger partial charge in [-0.3, -0.25) is 0 Å². The number of aromatic nitrogens is 1. The van der Waals surface area contributed by atoms with Gasteiger partial charge in [-0.25, -0.2) is 13.4 Å². The number of sulfonamides is 1. The molecular weight excluding hydrogens is 438 g/mol. The number of thiazole rings is 1. The lowest BCUT2D eigenvalue weighted by molar-refractivity contribution is 0.424. The summed E-state index contributed by atoms with van der Waals surface area (Å²) < 4.78 is 30.1. The molecule has 5 nitrogen and oxygen atoms in total. The predicted octanol–water partition coefficient (Wildman–Crippen LogP) is 5.73. The van der Waals surface area contributed by atoms with Crippen LogP contribution in [0.5, 0.6) is 0 Å². The molecule has 7 heteroatoms. The Kier molecular flexibility index (Phi) is 7.28. The van der Waals surface area contributed by atoms with Crippen molar-refractivity contribution in [2.75, 3.05) is 13.1 Å². The topological polar surface area (TPSA) is 54.7 Å². The first-order chi connectivity index (χ1) is 15.5. The molecule has 0 aliphatic carbocycles. The summed E-state index contributed by atoms with van der Waals surface area (Å²) in [5.41, 5.74) is 4.23. The van der Waals surface area contributed by atoms with Crippen molar-refractivity contribution in [2.45, 2.75) is 57.4 Å². The van der Waals surface area contributed by atoms with E-state index < -0.39 is 10.0 Å². The Morgan fingerprint density at radius 1 is 0.938 bits per heavy atom. The quantitative estimate of drug-likeness (QED) is 0.463. The molecule has 0 amide bonds. The highest BCUT2D eigenvalue weighted by atomic mass is 32.2. The van der Waals surface area contributed by atoms with Gasteiger partial charge >= 0.3 is 0 Å². The van der Waals surface area contributed by atoms with E-state index in [0.717, 1.165) is 60.4 Å². The number of hydrogen-bond donors (Lipinski definition) is 0. The fraction of sp³-hybridized carbons (Fsp3) is 0.400. The molecule has 2 heterocycles. The fourth-order valence-electron chi connectivity index (χ4n) is 4.05. The Morgan fingerprint density at radius 2 is 1.59 bits per heavy atom. The van der Waals surface area contributed by atoms with E-state index in [1.54, 1.807) is 27.8 Å². The van der Waals surface area contributed by atoms with Crippen LogP contribution in [0.4, 0.5) is 5.69 Å². The van der Waals surface area contributed by atoms with Crippen LogP contribution in [0.25, 0.3) is 11.3 Å². The van der Waals surface area contributed by atoms with Gasteiger partial charge in [0.25, 0.3) is 0 Å². The molecule has 1 aliphatic heterocycles. The number of benzene rings is 2. The summed E-state index contributed by atoms with van der Waals surface area (Å²) in [4.78, 5) is 6.18. The molecule has 170 valence electrons. The van der Waals surface area contributed by atoms with Crippen LogP contribution in [0.1, 0.15) is 44.6 Å². The molecule has 32 heavy (non-hydrogen) atoms. The van der Waals surface area contributed by atoms with Crippen LogP contribution in [0.3, 0.4) is 0 Å². The Hall–Kier alpha value is -2.22. The first-order valence-electron chi connectivity index (χ1n) is 11.4. The average Bonchev–Trinajstić information content (AvgIpc) is 3.00. The van der Waals surface area contributed by atoms with Gasteiger partial charge in [-0.15, -0.1) is 11.3 Å². The average molecular weight is 470 g/mol. The summed E-state index contributed by atoms with van der Waals surface area (Å²) in [6.45, 7) is 6.32. The van der Waals surface area contributed by atoms with Gasteiger partial charge < -0.3 is 4.57 Å². The first-order valence-corrected chi connectivity index (χ1v) is 13.7. The minimum Gasteiger partial charge on any atom is -0.316 e. The van der Waals surface area contributed by atoms with Gasteiger partial charge in [-0.05, 0) is 56.0 Å². The van der Waals surface area contributed by atoms with Gasteiger partial charge in [0.15, 0.2) is 4.80 Å². The van der Waals surface area contributed by atoms with E-state index in [1.165, 1.54) is 5.56 Å². The molecule has 0 N–H and O–H groups in total. The zero-order valence-corrected chi connectivity index (χ0v) is 20.5. The van der Waals surface area contributed by atoms with Gasteiger partial charge in [0, 0.05) is 25.0 Å². The Morgan fingerprint density at radius 3 is 2.22 bits per heavy atom. The van der Waals surface area contributed by atoms with Crippen LogP contribution in [0.2, 0.25) is 0 Å². The highest BCUT2D eigenvalue weighted by molar-refractivity contribution is 7.89. The molecular formula is C25H31N3O2S2. The van der Waals surface area contributed by atoms with Crippen molar-refractivity contribution in [1.29, 1.82) is 0 Å². The van der Waals surface area contributed by atoms with Crippen molar-refractivity contribution in [1.82, 2.24) is 8.87 Å². The van der Waals surface area contributed by atoms with Crippen LogP contribution < -0.4 is 4.80 Å². The molecule has 3 aromatic rings. The van der Waals surface area contributed by atoms with E-state index in [-0.39, 0.29) is 0 Å². The van der Waals surface area contributed by atoms with Crippen molar-refractivity contribution in [2.24, 2.45) is 4.99 Å². The van der Waals surface area contributed by atoms with E-state index in [0.29, 0.717) is 18.0 Å². The monoisotopic (exact) mass is 469 g/mol. The molecule has 1 aromatic heterocycles. The molecule has 1 aliphatic rings. The van der Waals surface area contributed by atoms with Crippen LogP contribution in [0.15, 0.2) is 63.8 Å². The van der Waals surface area contributed by atoms with Crippen LogP contribution >= 0.6 is 11.3 Å². The van der Waals surface area contributed by atoms with Gasteiger partial charge in [-0.2, -0.15) is 4.31 Å². The minimum atomic E-state index is -3.43. The molecule has 1 fully saturated rings. The fourth-order valence-corrected chi connectivity index (χ4v) is 6.52. The Balaban J connectivity index is 1.65. The number of rotatable bonds is 6. The second-order valence-corrected chi connectivity index (χ2v) is 11.1. The van der Waals surface area contributed by atoms with Crippen molar-refractivity contribution < 1.29 is 8.42 Å². The summed E-state index contributed by atoms with van der Waals surface area (Å²) in [5, 5.41) is 2.11. The maximum absolute atomic E-state index is 13.1. The molecule has 2 aromatic carbocycles. The molecule has 4 rings (SSSR count). The Labute approximate surface area is 195 Å². The molecule has 0 atom stereocenters. The van der Waals surface area contributed by atoms with Crippen molar-refractivity contribution in [3.63, 3.8) is 0 Å². The van der Waals surface area contributed by atoms with Gasteiger partial charge in [0.05, 0.1) is 16.3 Å². The zero-order valence-electron chi connectivity index (χ0n) is 18.8. The molecule has 0 radical (unpaired) electrons. The maximum Gasteiger partial charge on any atom is 0.243 e. The summed E-state index contributed by atoms with van der Waals surface area (Å²) >= 11 is 1.61. The van der Waals surface area contributed by atoms with Crippen LogP contribution in [0, 0.1) is 6.92 Å². The summed E-state index contributed by atoms with van der Waals surface area (Å²) in [6.07, 6.45) is 5.09. The lowest BCUT2D eigenvalue weighted by atomic mass is 10.2. The van der Waals surface area contributed by atoms with Crippen molar-refractivity contribution >= 4 is 27.0 Å². The second-order valence-electron chi connectivity index (χ2n) is 8.35. The van der Waals surface area contributed by atoms with Crippen LogP contribution in [-0.4, -0.2) is 30.4 Å². The Bertz CT molecular complexity index is 1200. The third-order valence-electron chi connectivity index (χ3n) is 5.86. The zero-order chi connectivity index (χ0) is 22.6. The molecule has 0 unspecified atom stereocenters. The third-order valence-corrected chi connectivity index (χ3v) is 8.63. The second kappa shape index (κ2) is 10.1. The summed E-state index contributed by atoms with van der Waals surface area (Å²) in [5.74, 6) is 0. The standard InChI is InChI=1S/C25H31N3O2S2/c1-3-16-28-24(19-31-25(28)26-22-12-8-20(2)9-13-22)21-10-14-23(15-11-21)32(29,30)27-17-6-4-5-7-18-27/h8-15,19H,3-7,16-18H2,1-2H3. The van der Waals surface area contributed by atoms with Gasteiger partial charge in [0.2, 0.25) is 10.0 Å². The number of hydrogen-bond acceptors (Lipinski definition) is 4. The van der Waals surface area contributed by atoms with Crippen molar-refractivity contribution in [3.05, 3.63) is 64.3 Å². The third kappa shape index (κ3) is 5.05. The highest BCUT2D eigenvalue weighted by Gasteiger charge is 2.25. The van der Waals surface area contributed by atoms with Crippen molar-refractivity contribution in [3.8, 4) is 11.3 Å². The largest absolute Gasteiger partial charge is 0.316 e. The van der Waals surface area contributed by atoms with Gasteiger partial charge in [0.1, 0.15) is 0 Å². The number of aryl methyl sites for hydroxylation is 1. The van der Waals surface area contributed by atoms with E-state index in [1.807, 2.05) is 24.3 Å². The molecule has 0 bridgehead atoms.